The molecule has 1 atom stereocenters. The van der Waals surface area contributed by atoms with Gasteiger partial charge in [0.15, 0.2) is 0 Å². The Morgan fingerprint density at radius 1 is 1.14 bits per heavy atom. The lowest BCUT2D eigenvalue weighted by Gasteiger charge is -2.25. The summed E-state index contributed by atoms with van der Waals surface area (Å²) < 4.78 is 5.57. The molecule has 0 radical (unpaired) electrons. The van der Waals surface area contributed by atoms with E-state index in [9.17, 15) is 24.8 Å². The zero-order valence-electron chi connectivity index (χ0n) is 19.0. The molecule has 0 bridgehead atoms. The number of amides is 1. The number of non-ortho nitro benzene ring substituents is 1. The van der Waals surface area contributed by atoms with Gasteiger partial charge in [0.2, 0.25) is 0 Å². The van der Waals surface area contributed by atoms with E-state index in [1.807, 2.05) is 6.92 Å². The SMILES string of the molecule is CCCOc1ccc(/C(O)=C2\C(=O)C(=O)N(Cc3cccnc3)[C@H]2c2cccc([N+](=O)[O-])c2)cc1. The van der Waals surface area contributed by atoms with Gasteiger partial charge in [0, 0.05) is 36.6 Å². The second-order valence-corrected chi connectivity index (χ2v) is 8.01. The number of ketones is 1. The minimum Gasteiger partial charge on any atom is -0.507 e. The van der Waals surface area contributed by atoms with E-state index in [-0.39, 0.29) is 23.6 Å². The molecule has 0 spiro atoms. The van der Waals surface area contributed by atoms with Crippen molar-refractivity contribution in [2.75, 3.05) is 6.61 Å². The molecule has 1 aliphatic heterocycles. The average Bonchev–Trinajstić information content (AvgIpc) is 3.13. The van der Waals surface area contributed by atoms with Crippen molar-refractivity contribution >= 4 is 23.1 Å². The Balaban J connectivity index is 1.82. The highest BCUT2D eigenvalue weighted by molar-refractivity contribution is 6.46. The number of benzene rings is 2. The molecule has 9 heteroatoms. The summed E-state index contributed by atoms with van der Waals surface area (Å²) in [5.74, 6) is -1.43. The van der Waals surface area contributed by atoms with E-state index in [0.717, 1.165) is 6.42 Å². The number of carbonyl (C=O) groups excluding carboxylic acids is 2. The number of pyridine rings is 1. The van der Waals surface area contributed by atoms with E-state index in [4.69, 9.17) is 4.74 Å². The molecule has 0 aliphatic carbocycles. The van der Waals surface area contributed by atoms with Gasteiger partial charge in [-0.2, -0.15) is 0 Å². The molecule has 3 aromatic rings. The summed E-state index contributed by atoms with van der Waals surface area (Å²) in [6, 6.07) is 14.7. The van der Waals surface area contributed by atoms with Gasteiger partial charge in [-0.25, -0.2) is 0 Å². The van der Waals surface area contributed by atoms with Gasteiger partial charge in [-0.3, -0.25) is 24.7 Å². The van der Waals surface area contributed by atoms with Gasteiger partial charge in [-0.1, -0.05) is 25.1 Å². The molecular formula is C26H23N3O6. The van der Waals surface area contributed by atoms with Gasteiger partial charge in [0.1, 0.15) is 11.5 Å². The summed E-state index contributed by atoms with van der Waals surface area (Å²) in [5, 5.41) is 22.6. The molecule has 4 rings (SSSR count). The van der Waals surface area contributed by atoms with Crippen LogP contribution < -0.4 is 4.74 Å². The number of likely N-dealkylation sites (tertiary alicyclic amines) is 1. The Bertz CT molecular complexity index is 1290. The standard InChI is InChI=1S/C26H23N3O6/c1-2-13-35-21-10-8-18(9-11-21)24(30)22-23(19-6-3-7-20(14-19)29(33)34)28(26(32)25(22)31)16-17-5-4-12-27-15-17/h3-12,14-15,23,30H,2,13,16H2,1H3/b24-22+/t23-/m0/s1. The summed E-state index contributed by atoms with van der Waals surface area (Å²) in [5.41, 5.74) is 1.01. The van der Waals surface area contributed by atoms with Gasteiger partial charge < -0.3 is 14.7 Å². The van der Waals surface area contributed by atoms with E-state index < -0.39 is 22.7 Å². The third-order valence-electron chi connectivity index (χ3n) is 5.61. The van der Waals surface area contributed by atoms with E-state index in [1.165, 1.54) is 23.1 Å². The highest BCUT2D eigenvalue weighted by Gasteiger charge is 2.46. The number of carbonyl (C=O) groups is 2. The van der Waals surface area contributed by atoms with E-state index in [0.29, 0.717) is 29.0 Å². The van der Waals surface area contributed by atoms with Gasteiger partial charge in [-0.05, 0) is 47.9 Å². The second kappa shape index (κ2) is 10.2. The fraction of sp³-hybridized carbons (Fsp3) is 0.192. The highest BCUT2D eigenvalue weighted by atomic mass is 16.6. The van der Waals surface area contributed by atoms with Crippen molar-refractivity contribution in [3.8, 4) is 5.75 Å². The van der Waals surface area contributed by atoms with Crippen molar-refractivity contribution in [3.05, 3.63) is 105 Å². The second-order valence-electron chi connectivity index (χ2n) is 8.01. The van der Waals surface area contributed by atoms with E-state index in [1.54, 1.807) is 54.9 Å². The molecule has 9 nitrogen and oxygen atoms in total. The molecule has 2 heterocycles. The van der Waals surface area contributed by atoms with Crippen molar-refractivity contribution < 1.29 is 24.4 Å². The topological polar surface area (TPSA) is 123 Å². The van der Waals surface area contributed by atoms with Gasteiger partial charge in [0.05, 0.1) is 23.1 Å². The van der Waals surface area contributed by atoms with Crippen molar-refractivity contribution in [2.45, 2.75) is 25.9 Å². The number of Topliss-reactive ketones (excluding diaryl/α,β-unsaturated/α-hetero) is 1. The molecule has 1 saturated heterocycles. The number of aliphatic hydroxyl groups is 1. The van der Waals surface area contributed by atoms with E-state index in [2.05, 4.69) is 4.98 Å². The summed E-state index contributed by atoms with van der Waals surface area (Å²) in [6.45, 7) is 2.56. The lowest BCUT2D eigenvalue weighted by molar-refractivity contribution is -0.384. The molecule has 0 unspecified atom stereocenters. The normalized spacial score (nSPS) is 16.9. The lowest BCUT2D eigenvalue weighted by atomic mass is 9.95. The smallest absolute Gasteiger partial charge is 0.295 e. The Morgan fingerprint density at radius 2 is 1.91 bits per heavy atom. The zero-order chi connectivity index (χ0) is 24.9. The monoisotopic (exact) mass is 473 g/mol. The molecule has 35 heavy (non-hydrogen) atoms. The van der Waals surface area contributed by atoms with Crippen LogP contribution in [0.1, 0.15) is 36.1 Å². The first-order valence-corrected chi connectivity index (χ1v) is 11.1. The third kappa shape index (κ3) is 4.89. The average molecular weight is 473 g/mol. The molecular weight excluding hydrogens is 450 g/mol. The Hall–Kier alpha value is -4.53. The van der Waals surface area contributed by atoms with Crippen molar-refractivity contribution in [2.24, 2.45) is 0 Å². The van der Waals surface area contributed by atoms with Crippen LogP contribution in [0.5, 0.6) is 5.75 Å². The number of nitrogens with zero attached hydrogens (tertiary/aromatic N) is 3. The Labute approximate surface area is 201 Å². The van der Waals surface area contributed by atoms with Crippen LogP contribution in [0.3, 0.4) is 0 Å². The maximum Gasteiger partial charge on any atom is 0.295 e. The highest BCUT2D eigenvalue weighted by Crippen LogP contribution is 2.41. The largest absolute Gasteiger partial charge is 0.507 e. The van der Waals surface area contributed by atoms with Crippen LogP contribution in [0, 0.1) is 10.1 Å². The molecule has 2 aromatic carbocycles. The molecule has 1 aliphatic rings. The minimum absolute atomic E-state index is 0.0341. The number of aromatic nitrogens is 1. The minimum atomic E-state index is -1.02. The predicted octanol–water partition coefficient (Wildman–Crippen LogP) is 4.40. The summed E-state index contributed by atoms with van der Waals surface area (Å²) in [6.07, 6.45) is 3.99. The molecule has 1 N–H and O–H groups in total. The van der Waals surface area contributed by atoms with Crippen LogP contribution in [-0.4, -0.2) is 38.2 Å². The van der Waals surface area contributed by atoms with Crippen LogP contribution in [0.25, 0.3) is 5.76 Å². The Kier molecular flexibility index (Phi) is 6.86. The van der Waals surface area contributed by atoms with Crippen LogP contribution in [0.4, 0.5) is 5.69 Å². The Morgan fingerprint density at radius 3 is 2.57 bits per heavy atom. The number of aliphatic hydroxyl groups excluding tert-OH is 1. The lowest BCUT2D eigenvalue weighted by Crippen LogP contribution is -2.29. The molecule has 1 fully saturated rings. The van der Waals surface area contributed by atoms with Crippen molar-refractivity contribution in [1.82, 2.24) is 9.88 Å². The summed E-state index contributed by atoms with van der Waals surface area (Å²) in [4.78, 5) is 42.4. The quantitative estimate of drug-likeness (QED) is 0.169. The number of ether oxygens (including phenoxy) is 1. The zero-order valence-corrected chi connectivity index (χ0v) is 19.0. The van der Waals surface area contributed by atoms with E-state index >= 15 is 0 Å². The van der Waals surface area contributed by atoms with Crippen LogP contribution in [-0.2, 0) is 16.1 Å². The molecule has 178 valence electrons. The van der Waals surface area contributed by atoms with Gasteiger partial charge >= 0.3 is 0 Å². The summed E-state index contributed by atoms with van der Waals surface area (Å²) >= 11 is 0. The number of hydrogen-bond acceptors (Lipinski definition) is 7. The number of nitro benzene ring substituents is 1. The van der Waals surface area contributed by atoms with Crippen molar-refractivity contribution in [3.63, 3.8) is 0 Å². The van der Waals surface area contributed by atoms with Crippen LogP contribution >= 0.6 is 0 Å². The maximum atomic E-state index is 13.1. The predicted molar refractivity (Wildman–Crippen MR) is 127 cm³/mol. The first kappa shape index (κ1) is 23.6. The number of hydrogen-bond donors (Lipinski definition) is 1. The molecule has 0 saturated carbocycles. The first-order chi connectivity index (χ1) is 16.9. The fourth-order valence-corrected chi connectivity index (χ4v) is 3.97. The van der Waals surface area contributed by atoms with Gasteiger partial charge in [-0.15, -0.1) is 0 Å². The number of rotatable bonds is 8. The number of nitro groups is 1. The summed E-state index contributed by atoms with van der Waals surface area (Å²) in [7, 11) is 0. The van der Waals surface area contributed by atoms with Crippen LogP contribution in [0.2, 0.25) is 0 Å². The maximum absolute atomic E-state index is 13.1. The third-order valence-corrected chi connectivity index (χ3v) is 5.61. The van der Waals surface area contributed by atoms with Crippen molar-refractivity contribution in [1.29, 1.82) is 0 Å². The van der Waals surface area contributed by atoms with Crippen LogP contribution in [0.15, 0.2) is 78.6 Å². The first-order valence-electron chi connectivity index (χ1n) is 11.1. The fourth-order valence-electron chi connectivity index (χ4n) is 3.97. The van der Waals surface area contributed by atoms with Gasteiger partial charge in [0.25, 0.3) is 17.4 Å². The molecule has 1 aromatic heterocycles. The molecule has 1 amide bonds.